The summed E-state index contributed by atoms with van der Waals surface area (Å²) in [4.78, 5) is 31.5. The molecule has 4 rings (SSSR count). The summed E-state index contributed by atoms with van der Waals surface area (Å²) >= 11 is 1.35. The first-order valence-electron chi connectivity index (χ1n) is 9.96. The van der Waals surface area contributed by atoms with Gasteiger partial charge >= 0.3 is 0 Å². The fourth-order valence-electron chi connectivity index (χ4n) is 4.08. The van der Waals surface area contributed by atoms with Crippen molar-refractivity contribution in [3.63, 3.8) is 0 Å². The Bertz CT molecular complexity index is 1130. The lowest BCUT2D eigenvalue weighted by atomic mass is 9.95. The number of carbonyl (C=O) groups is 1. The van der Waals surface area contributed by atoms with E-state index < -0.39 is 0 Å². The Morgan fingerprint density at radius 2 is 2.00 bits per heavy atom. The van der Waals surface area contributed by atoms with Gasteiger partial charge in [-0.05, 0) is 44.4 Å². The van der Waals surface area contributed by atoms with Gasteiger partial charge in [0, 0.05) is 10.9 Å². The Morgan fingerprint density at radius 1 is 1.24 bits per heavy atom. The predicted molar refractivity (Wildman–Crippen MR) is 116 cm³/mol. The average molecular weight is 412 g/mol. The molecule has 1 N–H and O–H groups in total. The highest BCUT2D eigenvalue weighted by Crippen LogP contribution is 2.32. The van der Waals surface area contributed by atoms with Gasteiger partial charge in [0.2, 0.25) is 0 Å². The Labute approximate surface area is 173 Å². The molecule has 7 heteroatoms. The molecule has 0 bridgehead atoms. The SMILES string of the molecule is COc1ccc(C)cc1NC(=O)c1c(C)sc2c(=O)n(C3CCCCC3)cnc12. The molecule has 1 aromatic carbocycles. The predicted octanol–water partition coefficient (Wildman–Crippen LogP) is 4.84. The Kier molecular flexibility index (Phi) is 5.41. The molecule has 2 aromatic heterocycles. The molecule has 152 valence electrons. The largest absolute Gasteiger partial charge is 0.495 e. The normalized spacial score (nSPS) is 14.9. The molecule has 1 saturated carbocycles. The number of nitrogens with zero attached hydrogens (tertiary/aromatic N) is 2. The average Bonchev–Trinajstić information content (AvgIpc) is 3.06. The number of carbonyl (C=O) groups excluding carboxylic acids is 1. The fraction of sp³-hybridized carbons (Fsp3) is 0.409. The summed E-state index contributed by atoms with van der Waals surface area (Å²) in [5.41, 5.74) is 2.52. The maximum atomic E-state index is 13.1. The smallest absolute Gasteiger partial charge is 0.271 e. The third-order valence-corrected chi connectivity index (χ3v) is 6.68. The molecule has 6 nitrogen and oxygen atoms in total. The second-order valence-corrected chi connectivity index (χ2v) is 8.84. The van der Waals surface area contributed by atoms with Crippen LogP contribution in [0.3, 0.4) is 0 Å². The van der Waals surface area contributed by atoms with Crippen LogP contribution in [0.2, 0.25) is 0 Å². The summed E-state index contributed by atoms with van der Waals surface area (Å²) in [5.74, 6) is 0.314. The van der Waals surface area contributed by atoms with Crippen molar-refractivity contribution in [3.05, 3.63) is 50.9 Å². The van der Waals surface area contributed by atoms with Crippen molar-refractivity contribution in [1.29, 1.82) is 0 Å². The zero-order valence-electron chi connectivity index (χ0n) is 16.9. The van der Waals surface area contributed by atoms with E-state index in [2.05, 4.69) is 10.3 Å². The van der Waals surface area contributed by atoms with Gasteiger partial charge in [-0.3, -0.25) is 14.2 Å². The van der Waals surface area contributed by atoms with Gasteiger partial charge in [0.05, 0.1) is 24.7 Å². The standard InChI is InChI=1S/C22H25N3O3S/c1-13-9-10-17(28-3)16(11-13)24-21(26)18-14(2)29-20-19(18)23-12-25(22(20)27)15-7-5-4-6-8-15/h9-12,15H,4-8H2,1-3H3,(H,24,26). The number of rotatable bonds is 4. The minimum Gasteiger partial charge on any atom is -0.495 e. The lowest BCUT2D eigenvalue weighted by Gasteiger charge is -2.23. The van der Waals surface area contributed by atoms with Gasteiger partial charge < -0.3 is 10.1 Å². The van der Waals surface area contributed by atoms with Crippen molar-refractivity contribution in [1.82, 2.24) is 9.55 Å². The van der Waals surface area contributed by atoms with Gasteiger partial charge in [-0.25, -0.2) is 4.98 Å². The second kappa shape index (κ2) is 7.99. The summed E-state index contributed by atoms with van der Waals surface area (Å²) in [6.07, 6.45) is 7.16. The highest BCUT2D eigenvalue weighted by Gasteiger charge is 2.24. The first-order valence-corrected chi connectivity index (χ1v) is 10.8. The van der Waals surface area contributed by atoms with Crippen molar-refractivity contribution < 1.29 is 9.53 Å². The number of thiophene rings is 1. The van der Waals surface area contributed by atoms with Crippen LogP contribution in [0.4, 0.5) is 5.69 Å². The topological polar surface area (TPSA) is 73.2 Å². The molecule has 0 radical (unpaired) electrons. The number of ether oxygens (including phenoxy) is 1. The molecule has 1 fully saturated rings. The van der Waals surface area contributed by atoms with Crippen molar-refractivity contribution >= 4 is 33.1 Å². The van der Waals surface area contributed by atoms with Crippen LogP contribution in [-0.2, 0) is 0 Å². The fourth-order valence-corrected chi connectivity index (χ4v) is 5.12. The van der Waals surface area contributed by atoms with Crippen molar-refractivity contribution in [2.45, 2.75) is 52.0 Å². The van der Waals surface area contributed by atoms with Crippen LogP contribution in [0.15, 0.2) is 29.3 Å². The third-order valence-electron chi connectivity index (χ3n) is 5.60. The number of hydrogen-bond donors (Lipinski definition) is 1. The molecule has 0 spiro atoms. The van der Waals surface area contributed by atoms with Crippen LogP contribution >= 0.6 is 11.3 Å². The van der Waals surface area contributed by atoms with Crippen LogP contribution in [0, 0.1) is 13.8 Å². The molecule has 3 aromatic rings. The number of aromatic nitrogens is 2. The van der Waals surface area contributed by atoms with Gasteiger partial charge in [-0.1, -0.05) is 25.3 Å². The van der Waals surface area contributed by atoms with Crippen molar-refractivity contribution in [2.24, 2.45) is 0 Å². The molecule has 0 unspecified atom stereocenters. The van der Waals surface area contributed by atoms with Crippen molar-refractivity contribution in [3.8, 4) is 5.75 Å². The van der Waals surface area contributed by atoms with Crippen molar-refractivity contribution in [2.75, 3.05) is 12.4 Å². The molecule has 0 atom stereocenters. The maximum Gasteiger partial charge on any atom is 0.271 e. The zero-order valence-corrected chi connectivity index (χ0v) is 17.8. The van der Waals surface area contributed by atoms with Crippen LogP contribution in [-0.4, -0.2) is 22.6 Å². The van der Waals surface area contributed by atoms with Gasteiger partial charge in [-0.2, -0.15) is 0 Å². The lowest BCUT2D eigenvalue weighted by Crippen LogP contribution is -2.26. The van der Waals surface area contributed by atoms with E-state index in [1.54, 1.807) is 18.0 Å². The number of amides is 1. The number of nitrogens with one attached hydrogen (secondary N) is 1. The number of methoxy groups -OCH3 is 1. The molecule has 2 heterocycles. The van der Waals surface area contributed by atoms with E-state index in [-0.39, 0.29) is 17.5 Å². The van der Waals surface area contributed by atoms with E-state index >= 15 is 0 Å². The first kappa shape index (κ1) is 19.6. The van der Waals surface area contributed by atoms with Crippen LogP contribution < -0.4 is 15.6 Å². The van der Waals surface area contributed by atoms with E-state index in [0.29, 0.717) is 27.2 Å². The molecular weight excluding hydrogens is 386 g/mol. The lowest BCUT2D eigenvalue weighted by molar-refractivity contribution is 0.102. The summed E-state index contributed by atoms with van der Waals surface area (Å²) in [6, 6.07) is 5.83. The summed E-state index contributed by atoms with van der Waals surface area (Å²) in [6.45, 7) is 3.81. The van der Waals surface area contributed by atoms with E-state index in [0.717, 1.165) is 36.1 Å². The number of fused-ring (bicyclic) bond motifs is 1. The number of anilines is 1. The van der Waals surface area contributed by atoms with E-state index in [1.807, 2.05) is 32.0 Å². The van der Waals surface area contributed by atoms with E-state index in [1.165, 1.54) is 17.8 Å². The monoisotopic (exact) mass is 411 g/mol. The van der Waals surface area contributed by atoms with Gasteiger partial charge in [0.1, 0.15) is 16.0 Å². The number of benzene rings is 1. The minimum absolute atomic E-state index is 0.0396. The summed E-state index contributed by atoms with van der Waals surface area (Å²) in [5, 5.41) is 2.93. The molecule has 1 aliphatic rings. The van der Waals surface area contributed by atoms with E-state index in [9.17, 15) is 9.59 Å². The first-order chi connectivity index (χ1) is 14.0. The summed E-state index contributed by atoms with van der Waals surface area (Å²) < 4.78 is 7.68. The second-order valence-electron chi connectivity index (χ2n) is 7.62. The number of hydrogen-bond acceptors (Lipinski definition) is 5. The molecule has 1 aliphatic carbocycles. The van der Waals surface area contributed by atoms with Gasteiger partial charge in [0.15, 0.2) is 0 Å². The van der Waals surface area contributed by atoms with Gasteiger partial charge in [0.25, 0.3) is 11.5 Å². The Morgan fingerprint density at radius 3 is 2.72 bits per heavy atom. The molecule has 0 saturated heterocycles. The number of aryl methyl sites for hydroxylation is 2. The third kappa shape index (κ3) is 3.67. The molecule has 1 amide bonds. The molecule has 29 heavy (non-hydrogen) atoms. The zero-order chi connectivity index (χ0) is 20.5. The molecular formula is C22H25N3O3S. The Hall–Kier alpha value is -2.67. The molecule has 0 aliphatic heterocycles. The minimum atomic E-state index is -0.278. The van der Waals surface area contributed by atoms with Crippen LogP contribution in [0.1, 0.15) is 58.9 Å². The van der Waals surface area contributed by atoms with Crippen LogP contribution in [0.25, 0.3) is 10.2 Å². The quantitative estimate of drug-likeness (QED) is 0.667. The maximum absolute atomic E-state index is 13.1. The van der Waals surface area contributed by atoms with E-state index in [4.69, 9.17) is 4.74 Å². The Balaban J connectivity index is 1.72. The van der Waals surface area contributed by atoms with Crippen LogP contribution in [0.5, 0.6) is 5.75 Å². The highest BCUT2D eigenvalue weighted by atomic mass is 32.1. The van der Waals surface area contributed by atoms with Gasteiger partial charge in [-0.15, -0.1) is 11.3 Å². The summed E-state index contributed by atoms with van der Waals surface area (Å²) in [7, 11) is 1.57. The highest BCUT2D eigenvalue weighted by molar-refractivity contribution is 7.19.